The molecule has 0 aliphatic carbocycles. The quantitative estimate of drug-likeness (QED) is 0.407. The van der Waals surface area contributed by atoms with Crippen LogP contribution in [0.15, 0.2) is 23.3 Å². The first-order chi connectivity index (χ1) is 10.8. The van der Waals surface area contributed by atoms with Crippen LogP contribution in [0.4, 0.5) is 4.39 Å². The summed E-state index contributed by atoms with van der Waals surface area (Å²) in [6.07, 6.45) is 1.83. The number of carbonyl (C=O) groups excluding carboxylic acids is 1. The van der Waals surface area contributed by atoms with E-state index in [9.17, 15) is 9.18 Å². The smallest absolute Gasteiger partial charge is 0.323 e. The van der Waals surface area contributed by atoms with E-state index in [4.69, 9.17) is 9.94 Å². The molecule has 0 aliphatic rings. The Labute approximate surface area is 135 Å². The lowest BCUT2D eigenvalue weighted by molar-refractivity contribution is -0.157. The lowest BCUT2D eigenvalue weighted by Crippen LogP contribution is -2.40. The summed E-state index contributed by atoms with van der Waals surface area (Å²) in [6, 6.07) is 4.07. The van der Waals surface area contributed by atoms with E-state index >= 15 is 0 Å². The van der Waals surface area contributed by atoms with Crippen LogP contribution in [-0.2, 0) is 16.1 Å². The molecule has 1 aromatic rings. The lowest BCUT2D eigenvalue weighted by atomic mass is 10.1. The number of hydrogen-bond donors (Lipinski definition) is 3. The second-order valence-electron chi connectivity index (χ2n) is 6.08. The molecule has 3 N–H and O–H groups in total. The maximum atomic E-state index is 14.0. The van der Waals surface area contributed by atoms with Gasteiger partial charge in [0.15, 0.2) is 0 Å². The van der Waals surface area contributed by atoms with Crippen molar-refractivity contribution in [3.63, 3.8) is 0 Å². The van der Waals surface area contributed by atoms with Crippen LogP contribution in [0.5, 0.6) is 0 Å². The molecule has 0 spiro atoms. The van der Waals surface area contributed by atoms with Crippen LogP contribution in [0, 0.1) is 5.82 Å². The topological polar surface area (TPSA) is 83.0 Å². The van der Waals surface area contributed by atoms with Crippen molar-refractivity contribution in [2.45, 2.75) is 52.3 Å². The van der Waals surface area contributed by atoms with Gasteiger partial charge in [-0.25, -0.2) is 4.39 Å². The zero-order valence-electron chi connectivity index (χ0n) is 13.9. The number of esters is 1. The van der Waals surface area contributed by atoms with Gasteiger partial charge in [0, 0.05) is 12.1 Å². The summed E-state index contributed by atoms with van der Waals surface area (Å²) in [5.74, 6) is -0.767. The highest BCUT2D eigenvalue weighted by atomic mass is 19.1. The molecule has 0 unspecified atom stereocenters. The average molecular weight is 325 g/mol. The first kappa shape index (κ1) is 19.1. The maximum absolute atomic E-state index is 14.0. The van der Waals surface area contributed by atoms with Gasteiger partial charge in [0.25, 0.3) is 0 Å². The number of rotatable bonds is 7. The van der Waals surface area contributed by atoms with Crippen molar-refractivity contribution in [2.75, 3.05) is 0 Å². The Morgan fingerprint density at radius 3 is 2.70 bits per heavy atom. The predicted octanol–water partition coefficient (Wildman–Crippen LogP) is 2.35. The Morgan fingerprint density at radius 2 is 2.17 bits per heavy atom. The Kier molecular flexibility index (Phi) is 7.12. The molecule has 23 heavy (non-hydrogen) atoms. The fourth-order valence-corrected chi connectivity index (χ4v) is 1.89. The van der Waals surface area contributed by atoms with Gasteiger partial charge in [0.05, 0.1) is 6.21 Å². The van der Waals surface area contributed by atoms with Crippen LogP contribution in [-0.4, -0.2) is 29.0 Å². The highest BCUT2D eigenvalue weighted by molar-refractivity contribution is 5.79. The Balaban J connectivity index is 2.68. The molecule has 1 rings (SSSR count). The first-order valence-electron chi connectivity index (χ1n) is 7.43. The van der Waals surface area contributed by atoms with Crippen LogP contribution in [0.3, 0.4) is 0 Å². The van der Waals surface area contributed by atoms with Crippen LogP contribution < -0.4 is 10.9 Å². The minimum absolute atomic E-state index is 0.208. The summed E-state index contributed by atoms with van der Waals surface area (Å²) < 4.78 is 19.3. The van der Waals surface area contributed by atoms with Gasteiger partial charge in [-0.1, -0.05) is 19.1 Å². The van der Waals surface area contributed by atoms with Crippen LogP contribution in [0.2, 0.25) is 0 Å². The SMILES string of the molecule is CC[C@H](NCc1ccc(/C=N\NO)cc1F)C(=O)OC(C)(C)C. The van der Waals surface area contributed by atoms with E-state index in [0.29, 0.717) is 17.5 Å². The van der Waals surface area contributed by atoms with E-state index in [-0.39, 0.29) is 12.5 Å². The predicted molar refractivity (Wildman–Crippen MR) is 85.7 cm³/mol. The molecular formula is C16H24FN3O3. The summed E-state index contributed by atoms with van der Waals surface area (Å²) in [4.78, 5) is 12.0. The second kappa shape index (κ2) is 8.59. The Hall–Kier alpha value is -1.99. The fourth-order valence-electron chi connectivity index (χ4n) is 1.89. The van der Waals surface area contributed by atoms with Crippen LogP contribution >= 0.6 is 0 Å². The minimum Gasteiger partial charge on any atom is -0.459 e. The number of nitrogens with zero attached hydrogens (tertiary/aromatic N) is 1. The van der Waals surface area contributed by atoms with Gasteiger partial charge in [-0.15, -0.1) is 0 Å². The molecule has 0 saturated carbocycles. The van der Waals surface area contributed by atoms with Crippen molar-refractivity contribution < 1.29 is 19.1 Å². The van der Waals surface area contributed by atoms with E-state index in [1.54, 1.807) is 38.5 Å². The third-order valence-corrected chi connectivity index (χ3v) is 2.99. The van der Waals surface area contributed by atoms with Crippen LogP contribution in [0.25, 0.3) is 0 Å². The Bertz CT molecular complexity index is 556. The van der Waals surface area contributed by atoms with E-state index in [2.05, 4.69) is 10.4 Å². The van der Waals surface area contributed by atoms with Crippen molar-refractivity contribution >= 4 is 12.2 Å². The highest BCUT2D eigenvalue weighted by Crippen LogP contribution is 2.12. The highest BCUT2D eigenvalue weighted by Gasteiger charge is 2.23. The molecule has 0 bridgehead atoms. The number of carbonyl (C=O) groups is 1. The van der Waals surface area contributed by atoms with E-state index < -0.39 is 17.5 Å². The zero-order valence-corrected chi connectivity index (χ0v) is 13.9. The molecule has 0 aromatic heterocycles. The molecule has 0 fully saturated rings. The average Bonchev–Trinajstić information content (AvgIpc) is 2.45. The minimum atomic E-state index is -0.556. The third kappa shape index (κ3) is 6.75. The molecular weight excluding hydrogens is 301 g/mol. The summed E-state index contributed by atoms with van der Waals surface area (Å²) in [7, 11) is 0. The molecule has 7 heteroatoms. The number of benzene rings is 1. The molecule has 0 radical (unpaired) electrons. The van der Waals surface area contributed by atoms with Crippen molar-refractivity contribution in [1.29, 1.82) is 0 Å². The van der Waals surface area contributed by atoms with Crippen LogP contribution in [0.1, 0.15) is 45.2 Å². The molecule has 0 heterocycles. The van der Waals surface area contributed by atoms with Gasteiger partial charge < -0.3 is 10.1 Å². The zero-order chi connectivity index (χ0) is 17.5. The van der Waals surface area contributed by atoms with E-state index in [0.717, 1.165) is 0 Å². The summed E-state index contributed by atoms with van der Waals surface area (Å²) in [6.45, 7) is 7.48. The lowest BCUT2D eigenvalue weighted by Gasteiger charge is -2.24. The van der Waals surface area contributed by atoms with Crippen molar-refractivity contribution in [3.05, 3.63) is 35.1 Å². The second-order valence-corrected chi connectivity index (χ2v) is 6.08. The number of halogens is 1. The molecule has 128 valence electrons. The third-order valence-electron chi connectivity index (χ3n) is 2.99. The van der Waals surface area contributed by atoms with Gasteiger partial charge in [-0.05, 0) is 38.8 Å². The molecule has 0 saturated heterocycles. The number of ether oxygens (including phenoxy) is 1. The standard InChI is InChI=1S/C16H24FN3O3/c1-5-14(15(21)23-16(2,3)4)18-10-12-7-6-11(8-13(12)17)9-19-20-22/h6-9,14,18,20,22H,5,10H2,1-4H3/b19-9-/t14-/m0/s1. The number of hydrogen-bond acceptors (Lipinski definition) is 6. The van der Waals surface area contributed by atoms with Crippen molar-refractivity contribution in [2.24, 2.45) is 5.10 Å². The van der Waals surface area contributed by atoms with Gasteiger partial charge in [0.2, 0.25) is 0 Å². The summed E-state index contributed by atoms with van der Waals surface area (Å²) in [5.41, 5.74) is 1.99. The molecule has 0 amide bonds. The van der Waals surface area contributed by atoms with Gasteiger partial charge in [0.1, 0.15) is 17.5 Å². The fraction of sp³-hybridized carbons (Fsp3) is 0.500. The molecule has 1 atom stereocenters. The van der Waals surface area contributed by atoms with Gasteiger partial charge in [-0.3, -0.25) is 10.0 Å². The summed E-state index contributed by atoms with van der Waals surface area (Å²) >= 11 is 0. The van der Waals surface area contributed by atoms with E-state index in [1.165, 1.54) is 12.3 Å². The van der Waals surface area contributed by atoms with E-state index in [1.807, 2.05) is 6.92 Å². The first-order valence-corrected chi connectivity index (χ1v) is 7.43. The molecule has 1 aromatic carbocycles. The summed E-state index contributed by atoms with van der Waals surface area (Å²) in [5, 5.41) is 14.8. The Morgan fingerprint density at radius 1 is 1.48 bits per heavy atom. The van der Waals surface area contributed by atoms with Crippen molar-refractivity contribution in [1.82, 2.24) is 10.9 Å². The number of nitrogens with one attached hydrogen (secondary N) is 2. The number of hydrazone groups is 1. The van der Waals surface area contributed by atoms with Gasteiger partial charge >= 0.3 is 5.97 Å². The van der Waals surface area contributed by atoms with Crippen molar-refractivity contribution in [3.8, 4) is 0 Å². The van der Waals surface area contributed by atoms with Gasteiger partial charge in [-0.2, -0.15) is 10.7 Å². The maximum Gasteiger partial charge on any atom is 0.323 e. The monoisotopic (exact) mass is 325 g/mol. The largest absolute Gasteiger partial charge is 0.459 e. The molecule has 0 aliphatic heterocycles. The molecule has 6 nitrogen and oxygen atoms in total. The normalized spacial score (nSPS) is 13.1.